The average molecular weight is 372 g/mol. The summed E-state index contributed by atoms with van der Waals surface area (Å²) in [6.07, 6.45) is 1.80. The quantitative estimate of drug-likeness (QED) is 0.386. The van der Waals surface area contributed by atoms with Crippen LogP contribution in [0.5, 0.6) is 11.6 Å². The molecular weight excluding hydrogens is 358 g/mol. The molecule has 0 saturated carbocycles. The third kappa shape index (κ3) is 3.11. The van der Waals surface area contributed by atoms with E-state index < -0.39 is 0 Å². The van der Waals surface area contributed by atoms with Gasteiger partial charge in [0, 0.05) is 28.0 Å². The molecule has 0 saturated heterocycles. The summed E-state index contributed by atoms with van der Waals surface area (Å²) in [4.78, 5) is 9.19. The molecule has 0 spiro atoms. The molecule has 27 heavy (non-hydrogen) atoms. The van der Waals surface area contributed by atoms with Crippen molar-refractivity contribution in [3.05, 3.63) is 83.4 Å². The van der Waals surface area contributed by atoms with E-state index >= 15 is 0 Å². The van der Waals surface area contributed by atoms with Crippen LogP contribution in [0.4, 0.5) is 17.1 Å². The molecule has 0 fully saturated rings. The van der Waals surface area contributed by atoms with Gasteiger partial charge in [0.05, 0.1) is 11.1 Å². The SMILES string of the molecule is Clc1ccc(Nc2ccc3nc4c(cc3c2)C=Nc2ccccc2O4)cc1. The van der Waals surface area contributed by atoms with E-state index in [4.69, 9.17) is 16.3 Å². The zero-order valence-corrected chi connectivity index (χ0v) is 14.9. The highest BCUT2D eigenvalue weighted by Crippen LogP contribution is 2.36. The second-order valence-electron chi connectivity index (χ2n) is 6.25. The molecule has 0 atom stereocenters. The van der Waals surface area contributed by atoms with Crippen molar-refractivity contribution >= 4 is 45.8 Å². The fraction of sp³-hybridized carbons (Fsp3) is 0. The minimum absolute atomic E-state index is 0.564. The van der Waals surface area contributed by atoms with Gasteiger partial charge in [0.15, 0.2) is 5.75 Å². The number of rotatable bonds is 2. The topological polar surface area (TPSA) is 46.5 Å². The molecule has 0 bridgehead atoms. The number of hydrogen-bond donors (Lipinski definition) is 1. The summed E-state index contributed by atoms with van der Waals surface area (Å²) < 4.78 is 5.98. The van der Waals surface area contributed by atoms with Crippen molar-refractivity contribution in [3.8, 4) is 11.6 Å². The van der Waals surface area contributed by atoms with Crippen LogP contribution in [0.3, 0.4) is 0 Å². The summed E-state index contributed by atoms with van der Waals surface area (Å²) in [5.41, 5.74) is 4.46. The van der Waals surface area contributed by atoms with Crippen LogP contribution in [0.2, 0.25) is 5.02 Å². The van der Waals surface area contributed by atoms with Crippen molar-refractivity contribution in [1.29, 1.82) is 0 Å². The Morgan fingerprint density at radius 3 is 2.56 bits per heavy atom. The van der Waals surface area contributed by atoms with Crippen LogP contribution >= 0.6 is 11.6 Å². The lowest BCUT2D eigenvalue weighted by molar-refractivity contribution is 0.467. The van der Waals surface area contributed by atoms with E-state index in [1.54, 1.807) is 6.21 Å². The number of halogens is 1. The van der Waals surface area contributed by atoms with E-state index in [0.29, 0.717) is 16.7 Å². The third-order valence-corrected chi connectivity index (χ3v) is 4.61. The molecule has 5 rings (SSSR count). The maximum absolute atomic E-state index is 5.98. The number of anilines is 2. The molecule has 2 heterocycles. The van der Waals surface area contributed by atoms with Crippen molar-refractivity contribution in [3.63, 3.8) is 0 Å². The van der Waals surface area contributed by atoms with Gasteiger partial charge < -0.3 is 10.1 Å². The molecule has 0 amide bonds. The maximum atomic E-state index is 5.98. The second-order valence-corrected chi connectivity index (χ2v) is 6.69. The molecule has 1 aliphatic rings. The first-order valence-corrected chi connectivity index (χ1v) is 8.91. The highest BCUT2D eigenvalue weighted by Gasteiger charge is 2.14. The van der Waals surface area contributed by atoms with Gasteiger partial charge in [0.2, 0.25) is 5.88 Å². The lowest BCUT2D eigenvalue weighted by atomic mass is 10.1. The first kappa shape index (κ1) is 15.9. The largest absolute Gasteiger partial charge is 0.436 e. The van der Waals surface area contributed by atoms with Crippen LogP contribution in [0.1, 0.15) is 5.56 Å². The van der Waals surface area contributed by atoms with Crippen molar-refractivity contribution in [2.24, 2.45) is 4.99 Å². The fourth-order valence-corrected chi connectivity index (χ4v) is 3.15. The lowest BCUT2D eigenvalue weighted by Crippen LogP contribution is -1.95. The van der Waals surface area contributed by atoms with Crippen LogP contribution in [-0.2, 0) is 0 Å². The Labute approximate surface area is 161 Å². The molecule has 0 radical (unpaired) electrons. The number of aliphatic imine (C=N–C) groups is 1. The van der Waals surface area contributed by atoms with Crippen LogP contribution < -0.4 is 10.1 Å². The number of para-hydroxylation sites is 2. The molecule has 0 aliphatic carbocycles. The molecule has 130 valence electrons. The zero-order chi connectivity index (χ0) is 18.2. The van der Waals surface area contributed by atoms with E-state index in [9.17, 15) is 0 Å². The minimum atomic E-state index is 0.564. The first-order valence-electron chi connectivity index (χ1n) is 8.53. The van der Waals surface area contributed by atoms with E-state index in [2.05, 4.69) is 21.4 Å². The molecule has 4 aromatic rings. The number of benzene rings is 3. The van der Waals surface area contributed by atoms with Crippen LogP contribution in [0, 0.1) is 0 Å². The van der Waals surface area contributed by atoms with Crippen molar-refractivity contribution in [1.82, 2.24) is 4.98 Å². The Morgan fingerprint density at radius 1 is 0.852 bits per heavy atom. The highest BCUT2D eigenvalue weighted by molar-refractivity contribution is 6.30. The second kappa shape index (κ2) is 6.41. The number of pyridine rings is 1. The van der Waals surface area contributed by atoms with Gasteiger partial charge in [-0.25, -0.2) is 4.98 Å². The Kier molecular flexibility index (Phi) is 3.77. The number of aromatic nitrogens is 1. The summed E-state index contributed by atoms with van der Waals surface area (Å²) in [5, 5.41) is 5.10. The van der Waals surface area contributed by atoms with Crippen molar-refractivity contribution < 1.29 is 4.74 Å². The van der Waals surface area contributed by atoms with Crippen LogP contribution in [0.15, 0.2) is 77.8 Å². The highest BCUT2D eigenvalue weighted by atomic mass is 35.5. The molecule has 1 aromatic heterocycles. The van der Waals surface area contributed by atoms with Gasteiger partial charge in [-0.2, -0.15) is 0 Å². The van der Waals surface area contributed by atoms with E-state index in [1.165, 1.54) is 0 Å². The lowest BCUT2D eigenvalue weighted by Gasteiger charge is -2.10. The molecule has 5 heteroatoms. The third-order valence-electron chi connectivity index (χ3n) is 4.35. The Morgan fingerprint density at radius 2 is 1.67 bits per heavy atom. The van der Waals surface area contributed by atoms with E-state index in [1.807, 2.05) is 66.7 Å². The standard InChI is InChI=1S/C22H14ClN3O/c23-16-5-7-17(8-6-16)25-18-9-10-19-14(12-18)11-15-13-24-20-3-1-2-4-21(20)27-22(15)26-19/h1-13,25H. The summed E-state index contributed by atoms with van der Waals surface area (Å²) in [6.45, 7) is 0. The Balaban J connectivity index is 1.53. The van der Waals surface area contributed by atoms with Gasteiger partial charge in [0.25, 0.3) is 0 Å². The molecule has 0 unspecified atom stereocenters. The predicted molar refractivity (Wildman–Crippen MR) is 110 cm³/mol. The molecule has 4 nitrogen and oxygen atoms in total. The van der Waals surface area contributed by atoms with Crippen molar-refractivity contribution in [2.75, 3.05) is 5.32 Å². The maximum Gasteiger partial charge on any atom is 0.228 e. The summed E-state index contributed by atoms with van der Waals surface area (Å²) >= 11 is 5.95. The Bertz CT molecular complexity index is 1190. The van der Waals surface area contributed by atoms with Gasteiger partial charge in [-0.05, 0) is 60.7 Å². The van der Waals surface area contributed by atoms with Gasteiger partial charge in [-0.15, -0.1) is 0 Å². The summed E-state index contributed by atoms with van der Waals surface area (Å²) in [7, 11) is 0. The Hall–Kier alpha value is -3.37. The predicted octanol–water partition coefficient (Wildman–Crippen LogP) is 6.49. The number of ether oxygens (including phenoxy) is 1. The number of nitrogens with zero attached hydrogens (tertiary/aromatic N) is 2. The molecule has 3 aromatic carbocycles. The fourth-order valence-electron chi connectivity index (χ4n) is 3.02. The van der Waals surface area contributed by atoms with Crippen molar-refractivity contribution in [2.45, 2.75) is 0 Å². The average Bonchev–Trinajstić information content (AvgIpc) is 2.87. The van der Waals surface area contributed by atoms with E-state index in [-0.39, 0.29) is 0 Å². The zero-order valence-electron chi connectivity index (χ0n) is 14.2. The minimum Gasteiger partial charge on any atom is -0.436 e. The van der Waals surface area contributed by atoms with Crippen LogP contribution in [0.25, 0.3) is 10.9 Å². The molecule has 1 aliphatic heterocycles. The summed E-state index contributed by atoms with van der Waals surface area (Å²) in [5.74, 6) is 1.27. The summed E-state index contributed by atoms with van der Waals surface area (Å²) in [6, 6.07) is 23.4. The normalized spacial score (nSPS) is 12.0. The monoisotopic (exact) mass is 371 g/mol. The number of nitrogens with one attached hydrogen (secondary N) is 1. The van der Waals surface area contributed by atoms with Gasteiger partial charge in [-0.1, -0.05) is 23.7 Å². The van der Waals surface area contributed by atoms with E-state index in [0.717, 1.165) is 33.5 Å². The van der Waals surface area contributed by atoms with Gasteiger partial charge >= 0.3 is 0 Å². The van der Waals surface area contributed by atoms with Crippen LogP contribution in [-0.4, -0.2) is 11.2 Å². The smallest absolute Gasteiger partial charge is 0.228 e. The number of hydrogen-bond acceptors (Lipinski definition) is 4. The first-order chi connectivity index (χ1) is 13.2. The molecule has 1 N–H and O–H groups in total. The van der Waals surface area contributed by atoms with Gasteiger partial charge in [-0.3, -0.25) is 4.99 Å². The van der Waals surface area contributed by atoms with Gasteiger partial charge in [0.1, 0.15) is 5.69 Å². The number of fused-ring (bicyclic) bond motifs is 3. The molecular formula is C22H14ClN3O.